The second-order valence-electron chi connectivity index (χ2n) is 7.62. The fourth-order valence-electron chi connectivity index (χ4n) is 3.83. The van der Waals surface area contributed by atoms with E-state index in [0.717, 1.165) is 36.7 Å². The minimum Gasteiger partial charge on any atom is -0.379 e. The number of benzene rings is 1. The molecular formula is C21H27N3O2. The average Bonchev–Trinajstić information content (AvgIpc) is 3.38. The molecule has 2 heterocycles. The quantitative estimate of drug-likeness (QED) is 0.802. The van der Waals surface area contributed by atoms with Gasteiger partial charge in [0.1, 0.15) is 0 Å². The van der Waals surface area contributed by atoms with Gasteiger partial charge >= 0.3 is 0 Å². The topological polar surface area (TPSA) is 47.4 Å². The van der Waals surface area contributed by atoms with Crippen LogP contribution in [0, 0.1) is 12.8 Å². The van der Waals surface area contributed by atoms with Gasteiger partial charge in [0, 0.05) is 20.2 Å². The molecule has 1 aliphatic heterocycles. The molecule has 0 saturated heterocycles. The molecule has 1 atom stereocenters. The molecule has 5 heteroatoms. The molecule has 138 valence electrons. The average molecular weight is 353 g/mol. The molecule has 5 nitrogen and oxygen atoms in total. The van der Waals surface area contributed by atoms with Crippen LogP contribution >= 0.6 is 0 Å². The summed E-state index contributed by atoms with van der Waals surface area (Å²) in [6, 6.07) is 8.09. The van der Waals surface area contributed by atoms with Crippen LogP contribution in [0.5, 0.6) is 0 Å². The van der Waals surface area contributed by atoms with Crippen molar-refractivity contribution in [3.05, 3.63) is 52.8 Å². The maximum absolute atomic E-state index is 13.1. The van der Waals surface area contributed by atoms with Crippen molar-refractivity contribution in [2.75, 3.05) is 19.8 Å². The number of aryl methyl sites for hydroxylation is 2. The van der Waals surface area contributed by atoms with Crippen LogP contribution in [0.25, 0.3) is 0 Å². The van der Waals surface area contributed by atoms with Gasteiger partial charge < -0.3 is 9.64 Å². The predicted molar refractivity (Wildman–Crippen MR) is 99.8 cm³/mol. The van der Waals surface area contributed by atoms with Crippen molar-refractivity contribution in [1.82, 2.24) is 14.7 Å². The molecule has 1 saturated carbocycles. The smallest absolute Gasteiger partial charge is 0.227 e. The fraction of sp³-hybridized carbons (Fsp3) is 0.524. The van der Waals surface area contributed by atoms with E-state index in [-0.39, 0.29) is 11.9 Å². The van der Waals surface area contributed by atoms with Crippen molar-refractivity contribution in [3.8, 4) is 0 Å². The van der Waals surface area contributed by atoms with Crippen molar-refractivity contribution in [2.45, 2.75) is 38.6 Å². The van der Waals surface area contributed by atoms with E-state index in [4.69, 9.17) is 4.74 Å². The van der Waals surface area contributed by atoms with E-state index < -0.39 is 0 Å². The zero-order chi connectivity index (χ0) is 18.1. The Morgan fingerprint density at radius 1 is 1.27 bits per heavy atom. The highest BCUT2D eigenvalue weighted by Gasteiger charge is 2.34. The summed E-state index contributed by atoms with van der Waals surface area (Å²) in [5, 5.41) is 4.42. The van der Waals surface area contributed by atoms with Crippen LogP contribution in [0.2, 0.25) is 0 Å². The molecule has 1 aromatic heterocycles. The fourth-order valence-corrected chi connectivity index (χ4v) is 3.83. The second kappa shape index (κ2) is 7.23. The number of aromatic nitrogens is 2. The van der Waals surface area contributed by atoms with E-state index in [1.54, 1.807) is 0 Å². The van der Waals surface area contributed by atoms with Crippen molar-refractivity contribution >= 4 is 5.91 Å². The minimum absolute atomic E-state index is 0.0403. The van der Waals surface area contributed by atoms with E-state index >= 15 is 0 Å². The van der Waals surface area contributed by atoms with Crippen molar-refractivity contribution in [2.24, 2.45) is 13.0 Å². The van der Waals surface area contributed by atoms with Crippen LogP contribution in [0.3, 0.4) is 0 Å². The zero-order valence-corrected chi connectivity index (χ0v) is 15.6. The summed E-state index contributed by atoms with van der Waals surface area (Å²) >= 11 is 0. The van der Waals surface area contributed by atoms with Gasteiger partial charge in [0.25, 0.3) is 0 Å². The van der Waals surface area contributed by atoms with Crippen LogP contribution in [0.1, 0.15) is 41.3 Å². The van der Waals surface area contributed by atoms with Gasteiger partial charge in [-0.2, -0.15) is 5.10 Å². The number of ether oxygens (including phenoxy) is 1. The lowest BCUT2D eigenvalue weighted by molar-refractivity contribution is -0.135. The van der Waals surface area contributed by atoms with Crippen LogP contribution < -0.4 is 0 Å². The molecule has 2 aromatic rings. The Bertz CT molecular complexity index is 794. The molecule has 0 spiro atoms. The Labute approximate surface area is 154 Å². The molecule has 0 bridgehead atoms. The molecule has 1 fully saturated rings. The normalized spacial score (nSPS) is 19.5. The molecule has 26 heavy (non-hydrogen) atoms. The minimum atomic E-state index is -0.0403. The molecule has 0 radical (unpaired) electrons. The first-order valence-electron chi connectivity index (χ1n) is 9.56. The number of rotatable bonds is 6. The van der Waals surface area contributed by atoms with E-state index in [0.29, 0.717) is 13.0 Å². The Morgan fingerprint density at radius 2 is 2.08 bits per heavy atom. The first kappa shape index (κ1) is 17.3. The van der Waals surface area contributed by atoms with E-state index in [1.807, 2.05) is 41.0 Å². The van der Waals surface area contributed by atoms with Gasteiger partial charge in [0.15, 0.2) is 0 Å². The van der Waals surface area contributed by atoms with Crippen LogP contribution in [-0.4, -0.2) is 40.3 Å². The monoisotopic (exact) mass is 353 g/mol. The first-order chi connectivity index (χ1) is 12.6. The summed E-state index contributed by atoms with van der Waals surface area (Å²) in [6.45, 7) is 4.17. The van der Waals surface area contributed by atoms with E-state index in [9.17, 15) is 4.79 Å². The van der Waals surface area contributed by atoms with Gasteiger partial charge in [0.05, 0.1) is 31.0 Å². The third-order valence-corrected chi connectivity index (χ3v) is 5.63. The van der Waals surface area contributed by atoms with Crippen LogP contribution in [0.15, 0.2) is 30.5 Å². The highest BCUT2D eigenvalue weighted by atomic mass is 16.5. The van der Waals surface area contributed by atoms with Gasteiger partial charge in [-0.1, -0.05) is 24.3 Å². The largest absolute Gasteiger partial charge is 0.379 e. The van der Waals surface area contributed by atoms with E-state index in [1.165, 1.54) is 24.0 Å². The number of carbonyl (C=O) groups excluding carboxylic acids is 1. The summed E-state index contributed by atoms with van der Waals surface area (Å²) in [4.78, 5) is 15.1. The van der Waals surface area contributed by atoms with Crippen LogP contribution in [0.4, 0.5) is 0 Å². The third-order valence-electron chi connectivity index (χ3n) is 5.63. The Balaban J connectivity index is 1.53. The molecule has 2 aliphatic rings. The number of carbonyl (C=O) groups is 1. The van der Waals surface area contributed by atoms with Crippen LogP contribution in [-0.2, 0) is 29.4 Å². The molecule has 1 aromatic carbocycles. The van der Waals surface area contributed by atoms with Gasteiger partial charge in [-0.25, -0.2) is 0 Å². The predicted octanol–water partition coefficient (Wildman–Crippen LogP) is 2.82. The molecule has 4 rings (SSSR count). The lowest BCUT2D eigenvalue weighted by atomic mass is 9.98. The Morgan fingerprint density at radius 3 is 2.85 bits per heavy atom. The van der Waals surface area contributed by atoms with Gasteiger partial charge in [0.2, 0.25) is 5.91 Å². The van der Waals surface area contributed by atoms with Crippen molar-refractivity contribution in [1.29, 1.82) is 0 Å². The lowest BCUT2D eigenvalue weighted by Gasteiger charge is -2.36. The zero-order valence-electron chi connectivity index (χ0n) is 15.6. The number of hydrogen-bond acceptors (Lipinski definition) is 3. The Hall–Kier alpha value is -2.14. The standard InChI is InChI=1S/C21H27N3O2/c1-15-5-3-4-6-17(15)11-20(25)24-10-9-18-12-22-23(2)21(18)19(24)14-26-13-16-7-8-16/h3-6,12,16,19H,7-11,13-14H2,1-2H3/t19-/m0/s1. The van der Waals surface area contributed by atoms with Crippen molar-refractivity contribution < 1.29 is 9.53 Å². The highest BCUT2D eigenvalue weighted by Crippen LogP contribution is 2.32. The number of hydrogen-bond donors (Lipinski definition) is 0. The molecular weight excluding hydrogens is 326 g/mol. The summed E-state index contributed by atoms with van der Waals surface area (Å²) in [5.41, 5.74) is 4.64. The van der Waals surface area contributed by atoms with Gasteiger partial charge in [-0.15, -0.1) is 0 Å². The van der Waals surface area contributed by atoms with Crippen molar-refractivity contribution in [3.63, 3.8) is 0 Å². The summed E-state index contributed by atoms with van der Waals surface area (Å²) in [7, 11) is 1.96. The lowest BCUT2D eigenvalue weighted by Crippen LogP contribution is -2.43. The SMILES string of the molecule is Cc1ccccc1CC(=O)N1CCc2cnn(C)c2[C@@H]1COCC1CC1. The molecule has 1 aliphatic carbocycles. The number of fused-ring (bicyclic) bond motifs is 1. The molecule has 0 N–H and O–H groups in total. The van der Waals surface area contributed by atoms with E-state index in [2.05, 4.69) is 18.1 Å². The second-order valence-corrected chi connectivity index (χ2v) is 7.62. The summed E-state index contributed by atoms with van der Waals surface area (Å²) in [5.74, 6) is 0.895. The third kappa shape index (κ3) is 3.54. The molecule has 0 unspecified atom stereocenters. The Kier molecular flexibility index (Phi) is 4.81. The number of amides is 1. The van der Waals surface area contributed by atoms with Gasteiger partial charge in [-0.3, -0.25) is 9.48 Å². The molecule has 1 amide bonds. The summed E-state index contributed by atoms with van der Waals surface area (Å²) < 4.78 is 7.91. The number of nitrogens with zero attached hydrogens (tertiary/aromatic N) is 3. The highest BCUT2D eigenvalue weighted by molar-refractivity contribution is 5.80. The van der Waals surface area contributed by atoms with Gasteiger partial charge in [-0.05, 0) is 48.8 Å². The maximum Gasteiger partial charge on any atom is 0.227 e. The maximum atomic E-state index is 13.1. The first-order valence-corrected chi connectivity index (χ1v) is 9.56. The summed E-state index contributed by atoms with van der Waals surface area (Å²) in [6.07, 6.45) is 5.79.